The maximum absolute atomic E-state index is 5.64. The van der Waals surface area contributed by atoms with Gasteiger partial charge in [0.15, 0.2) is 5.96 Å². The molecule has 1 aromatic carbocycles. The molecular formula is C21H35N3O2. The molecule has 0 aromatic heterocycles. The van der Waals surface area contributed by atoms with Gasteiger partial charge in [-0.1, -0.05) is 19.1 Å². The lowest BCUT2D eigenvalue weighted by atomic mass is 9.74. The molecule has 1 aromatic rings. The van der Waals surface area contributed by atoms with Gasteiger partial charge in [-0.15, -0.1) is 0 Å². The van der Waals surface area contributed by atoms with E-state index in [1.54, 1.807) is 0 Å². The number of hydrogen-bond donors (Lipinski definition) is 2. The van der Waals surface area contributed by atoms with Crippen molar-refractivity contribution in [2.75, 3.05) is 32.9 Å². The van der Waals surface area contributed by atoms with E-state index in [1.807, 2.05) is 6.92 Å². The second-order valence-corrected chi connectivity index (χ2v) is 7.00. The van der Waals surface area contributed by atoms with Crippen molar-refractivity contribution < 1.29 is 9.47 Å². The van der Waals surface area contributed by atoms with Crippen LogP contribution in [0.3, 0.4) is 0 Å². The third-order valence-electron chi connectivity index (χ3n) is 5.11. The Morgan fingerprint density at radius 2 is 1.88 bits per heavy atom. The summed E-state index contributed by atoms with van der Waals surface area (Å²) in [4.78, 5) is 4.94. The monoisotopic (exact) mass is 361 g/mol. The van der Waals surface area contributed by atoms with Crippen LogP contribution in [-0.4, -0.2) is 44.9 Å². The lowest BCUT2D eigenvalue weighted by Gasteiger charge is -2.37. The van der Waals surface area contributed by atoms with Crippen molar-refractivity contribution in [3.05, 3.63) is 29.8 Å². The van der Waals surface area contributed by atoms with E-state index in [-0.39, 0.29) is 5.41 Å². The maximum atomic E-state index is 5.64. The summed E-state index contributed by atoms with van der Waals surface area (Å²) >= 11 is 0. The SMILES string of the molecule is CCNC(=NCC1(c2ccc(OCC)cc2)CCOCC1)NC(C)CC. The zero-order chi connectivity index (χ0) is 18.8. The maximum Gasteiger partial charge on any atom is 0.191 e. The molecule has 1 saturated heterocycles. The number of benzene rings is 1. The van der Waals surface area contributed by atoms with Crippen LogP contribution in [0.1, 0.15) is 52.5 Å². The van der Waals surface area contributed by atoms with Crippen molar-refractivity contribution >= 4 is 5.96 Å². The predicted molar refractivity (Wildman–Crippen MR) is 108 cm³/mol. The van der Waals surface area contributed by atoms with Crippen molar-refractivity contribution in [3.8, 4) is 5.75 Å². The van der Waals surface area contributed by atoms with Crippen LogP contribution < -0.4 is 15.4 Å². The zero-order valence-electron chi connectivity index (χ0n) is 16.8. The van der Waals surface area contributed by atoms with Gasteiger partial charge in [0.05, 0.1) is 13.2 Å². The predicted octanol–water partition coefficient (Wildman–Crippen LogP) is 3.49. The van der Waals surface area contributed by atoms with E-state index in [4.69, 9.17) is 14.5 Å². The Morgan fingerprint density at radius 1 is 1.19 bits per heavy atom. The van der Waals surface area contributed by atoms with Crippen LogP contribution in [0.4, 0.5) is 0 Å². The summed E-state index contributed by atoms with van der Waals surface area (Å²) in [5.41, 5.74) is 1.35. The van der Waals surface area contributed by atoms with Crippen molar-refractivity contribution in [3.63, 3.8) is 0 Å². The summed E-state index contributed by atoms with van der Waals surface area (Å²) in [6.07, 6.45) is 3.06. The van der Waals surface area contributed by atoms with E-state index in [1.165, 1.54) is 5.56 Å². The highest BCUT2D eigenvalue weighted by atomic mass is 16.5. The second kappa shape index (κ2) is 10.4. The molecule has 146 valence electrons. The van der Waals surface area contributed by atoms with Gasteiger partial charge in [-0.3, -0.25) is 4.99 Å². The first-order valence-corrected chi connectivity index (χ1v) is 9.99. The summed E-state index contributed by atoms with van der Waals surface area (Å²) in [7, 11) is 0. The van der Waals surface area contributed by atoms with Crippen LogP contribution in [0.25, 0.3) is 0 Å². The lowest BCUT2D eigenvalue weighted by molar-refractivity contribution is 0.0531. The van der Waals surface area contributed by atoms with E-state index < -0.39 is 0 Å². The summed E-state index contributed by atoms with van der Waals surface area (Å²) < 4.78 is 11.2. The number of ether oxygens (including phenoxy) is 2. The molecule has 0 aliphatic carbocycles. The van der Waals surface area contributed by atoms with Crippen molar-refractivity contribution in [2.45, 2.75) is 58.4 Å². The van der Waals surface area contributed by atoms with Gasteiger partial charge in [-0.2, -0.15) is 0 Å². The third kappa shape index (κ3) is 5.63. The van der Waals surface area contributed by atoms with Gasteiger partial charge in [0, 0.05) is 31.2 Å². The average Bonchev–Trinajstić information content (AvgIpc) is 2.68. The molecule has 0 saturated carbocycles. The molecule has 1 aliphatic rings. The molecular weight excluding hydrogens is 326 g/mol. The van der Waals surface area contributed by atoms with Gasteiger partial charge in [0.2, 0.25) is 0 Å². The van der Waals surface area contributed by atoms with Gasteiger partial charge in [-0.25, -0.2) is 0 Å². The standard InChI is InChI=1S/C21H35N3O2/c1-5-17(4)24-20(22-6-2)23-16-21(12-14-25-15-13-21)18-8-10-19(11-9-18)26-7-3/h8-11,17H,5-7,12-16H2,1-4H3,(H2,22,23,24). The fourth-order valence-electron chi connectivity index (χ4n) is 3.26. The average molecular weight is 362 g/mol. The first kappa shape index (κ1) is 20.6. The van der Waals surface area contributed by atoms with Gasteiger partial charge >= 0.3 is 0 Å². The molecule has 26 heavy (non-hydrogen) atoms. The van der Waals surface area contributed by atoms with E-state index in [0.29, 0.717) is 12.6 Å². The van der Waals surface area contributed by atoms with Crippen LogP contribution in [0.5, 0.6) is 5.75 Å². The molecule has 5 heteroatoms. The molecule has 2 rings (SSSR count). The highest BCUT2D eigenvalue weighted by molar-refractivity contribution is 5.80. The Kier molecular flexibility index (Phi) is 8.23. The molecule has 1 aliphatic heterocycles. The largest absolute Gasteiger partial charge is 0.494 e. The molecule has 2 N–H and O–H groups in total. The van der Waals surface area contributed by atoms with Crippen LogP contribution >= 0.6 is 0 Å². The Bertz CT molecular complexity index is 551. The van der Waals surface area contributed by atoms with E-state index in [9.17, 15) is 0 Å². The summed E-state index contributed by atoms with van der Waals surface area (Å²) in [6.45, 7) is 12.4. The van der Waals surface area contributed by atoms with Crippen LogP contribution in [0, 0.1) is 0 Å². The van der Waals surface area contributed by atoms with Crippen LogP contribution in [0.15, 0.2) is 29.3 Å². The van der Waals surface area contributed by atoms with Gasteiger partial charge in [0.1, 0.15) is 5.75 Å². The number of nitrogens with zero attached hydrogens (tertiary/aromatic N) is 1. The van der Waals surface area contributed by atoms with Crippen molar-refractivity contribution in [2.24, 2.45) is 4.99 Å². The molecule has 1 unspecified atom stereocenters. The number of aliphatic imine (C=N–C) groups is 1. The number of rotatable bonds is 8. The number of nitrogens with one attached hydrogen (secondary N) is 2. The second-order valence-electron chi connectivity index (χ2n) is 7.00. The van der Waals surface area contributed by atoms with Gasteiger partial charge < -0.3 is 20.1 Å². The van der Waals surface area contributed by atoms with Crippen molar-refractivity contribution in [1.82, 2.24) is 10.6 Å². The summed E-state index contributed by atoms with van der Waals surface area (Å²) in [6, 6.07) is 8.94. The van der Waals surface area contributed by atoms with Crippen LogP contribution in [0.2, 0.25) is 0 Å². The number of guanidine groups is 1. The third-order valence-corrected chi connectivity index (χ3v) is 5.11. The first-order valence-electron chi connectivity index (χ1n) is 9.99. The highest BCUT2D eigenvalue weighted by Gasteiger charge is 2.34. The molecule has 1 atom stereocenters. The zero-order valence-corrected chi connectivity index (χ0v) is 16.8. The van der Waals surface area contributed by atoms with Gasteiger partial charge in [0.25, 0.3) is 0 Å². The molecule has 0 radical (unpaired) electrons. The van der Waals surface area contributed by atoms with Crippen molar-refractivity contribution in [1.29, 1.82) is 0 Å². The molecule has 0 amide bonds. The lowest BCUT2D eigenvalue weighted by Crippen LogP contribution is -2.44. The Morgan fingerprint density at radius 3 is 2.46 bits per heavy atom. The number of hydrogen-bond acceptors (Lipinski definition) is 3. The molecule has 1 fully saturated rings. The minimum absolute atomic E-state index is 0.0286. The van der Waals surface area contributed by atoms with Crippen LogP contribution in [-0.2, 0) is 10.2 Å². The molecule has 0 spiro atoms. The Labute approximate surface area is 158 Å². The molecule has 1 heterocycles. The van der Waals surface area contributed by atoms with E-state index in [2.05, 4.69) is 55.7 Å². The smallest absolute Gasteiger partial charge is 0.191 e. The minimum atomic E-state index is 0.0286. The minimum Gasteiger partial charge on any atom is -0.494 e. The summed E-state index contributed by atoms with van der Waals surface area (Å²) in [5.74, 6) is 1.83. The Hall–Kier alpha value is -1.75. The van der Waals surface area contributed by atoms with Gasteiger partial charge in [-0.05, 0) is 57.7 Å². The fraction of sp³-hybridized carbons (Fsp3) is 0.667. The van der Waals surface area contributed by atoms with E-state index in [0.717, 1.165) is 57.3 Å². The molecule has 5 nitrogen and oxygen atoms in total. The molecule has 0 bridgehead atoms. The normalized spacial score (nSPS) is 18.2. The fourth-order valence-corrected chi connectivity index (χ4v) is 3.26. The van der Waals surface area contributed by atoms with E-state index >= 15 is 0 Å². The summed E-state index contributed by atoms with van der Waals surface area (Å²) in [5, 5.41) is 6.86. The topological polar surface area (TPSA) is 54.9 Å². The first-order chi connectivity index (χ1) is 12.6. The quantitative estimate of drug-likeness (QED) is 0.550. The highest BCUT2D eigenvalue weighted by Crippen LogP contribution is 2.36. The Balaban J connectivity index is 2.20.